The van der Waals surface area contributed by atoms with Crippen molar-refractivity contribution in [1.29, 1.82) is 0 Å². The van der Waals surface area contributed by atoms with E-state index in [1.807, 2.05) is 16.8 Å². The number of hydrogen-bond acceptors (Lipinski definition) is 3. The van der Waals surface area contributed by atoms with Crippen LogP contribution in [0.5, 0.6) is 0 Å². The standard InChI is InChI=1S/C21H33F3N4O/c1-3-4-5-6-7-9-28(20(29)19-14-26(2)15-25-19)13-18-16-11-27(12-17(16)18)10-8-21(22,23)24/h14-18H,3-13H2,1-2H3. The molecule has 0 radical (unpaired) electrons. The minimum absolute atomic E-state index is 0.0278. The summed E-state index contributed by atoms with van der Waals surface area (Å²) < 4.78 is 39.1. The molecule has 1 aliphatic heterocycles. The molecule has 0 bridgehead atoms. The van der Waals surface area contributed by atoms with Crippen LogP contribution in [0.4, 0.5) is 13.2 Å². The van der Waals surface area contributed by atoms with Crippen LogP contribution in [0.2, 0.25) is 0 Å². The molecule has 2 heterocycles. The van der Waals surface area contributed by atoms with Gasteiger partial charge in [-0.1, -0.05) is 32.6 Å². The molecule has 1 aliphatic carbocycles. The summed E-state index contributed by atoms with van der Waals surface area (Å²) in [4.78, 5) is 21.0. The Balaban J connectivity index is 1.50. The lowest BCUT2D eigenvalue weighted by molar-refractivity contribution is -0.137. The van der Waals surface area contributed by atoms with Gasteiger partial charge in [0.25, 0.3) is 5.91 Å². The van der Waals surface area contributed by atoms with E-state index >= 15 is 0 Å². The first-order valence-corrected chi connectivity index (χ1v) is 10.8. The average molecular weight is 415 g/mol. The fourth-order valence-corrected chi connectivity index (χ4v) is 4.60. The number of alkyl halides is 3. The van der Waals surface area contributed by atoms with E-state index in [1.165, 1.54) is 19.3 Å². The normalized spacial score (nSPS) is 24.0. The molecule has 2 unspecified atom stereocenters. The van der Waals surface area contributed by atoms with Gasteiger partial charge in [0.1, 0.15) is 5.69 Å². The van der Waals surface area contributed by atoms with Crippen molar-refractivity contribution in [3.8, 4) is 0 Å². The van der Waals surface area contributed by atoms with Gasteiger partial charge in [0, 0.05) is 46.0 Å². The number of nitrogens with zero attached hydrogens (tertiary/aromatic N) is 4. The number of carbonyl (C=O) groups excluding carboxylic acids is 1. The molecule has 2 aliphatic rings. The molecule has 1 saturated carbocycles. The molecular formula is C21H33F3N4O. The van der Waals surface area contributed by atoms with Gasteiger partial charge in [-0.3, -0.25) is 4.79 Å². The van der Waals surface area contributed by atoms with Gasteiger partial charge < -0.3 is 14.4 Å². The third-order valence-corrected chi connectivity index (χ3v) is 6.33. The fraction of sp³-hybridized carbons (Fsp3) is 0.810. The van der Waals surface area contributed by atoms with E-state index in [1.54, 1.807) is 17.1 Å². The first-order chi connectivity index (χ1) is 13.8. The van der Waals surface area contributed by atoms with E-state index in [0.29, 0.717) is 30.0 Å². The molecular weight excluding hydrogens is 381 g/mol. The monoisotopic (exact) mass is 414 g/mol. The summed E-state index contributed by atoms with van der Waals surface area (Å²) in [5.41, 5.74) is 0.471. The van der Waals surface area contributed by atoms with Gasteiger partial charge in [-0.25, -0.2) is 4.98 Å². The van der Waals surface area contributed by atoms with E-state index in [4.69, 9.17) is 0 Å². The van der Waals surface area contributed by atoms with Crippen LogP contribution in [0.3, 0.4) is 0 Å². The number of likely N-dealkylation sites (tertiary alicyclic amines) is 1. The van der Waals surface area contributed by atoms with Crippen LogP contribution in [-0.4, -0.2) is 64.2 Å². The highest BCUT2D eigenvalue weighted by atomic mass is 19.4. The van der Waals surface area contributed by atoms with Crippen molar-refractivity contribution in [1.82, 2.24) is 19.4 Å². The van der Waals surface area contributed by atoms with Gasteiger partial charge in [-0.15, -0.1) is 0 Å². The Morgan fingerprint density at radius 3 is 2.48 bits per heavy atom. The lowest BCUT2D eigenvalue weighted by atomic mass is 10.1. The highest BCUT2D eigenvalue weighted by Gasteiger charge is 2.56. The summed E-state index contributed by atoms with van der Waals surface area (Å²) >= 11 is 0. The number of unbranched alkanes of at least 4 members (excludes halogenated alkanes) is 4. The predicted octanol–water partition coefficient (Wildman–Crippen LogP) is 3.96. The molecule has 5 nitrogen and oxygen atoms in total. The number of imidazole rings is 1. The van der Waals surface area contributed by atoms with E-state index in [-0.39, 0.29) is 12.5 Å². The molecule has 1 saturated heterocycles. The average Bonchev–Trinajstić information content (AvgIpc) is 3.02. The Morgan fingerprint density at radius 2 is 1.90 bits per heavy atom. The number of piperidine rings is 1. The van der Waals surface area contributed by atoms with Gasteiger partial charge in [0.2, 0.25) is 0 Å². The Bertz CT molecular complexity index is 663. The minimum Gasteiger partial charge on any atom is -0.340 e. The second-order valence-electron chi connectivity index (χ2n) is 8.71. The van der Waals surface area contributed by atoms with Crippen molar-refractivity contribution in [3.05, 3.63) is 18.2 Å². The number of aromatic nitrogens is 2. The van der Waals surface area contributed by atoms with Crippen molar-refractivity contribution < 1.29 is 18.0 Å². The van der Waals surface area contributed by atoms with E-state index in [9.17, 15) is 18.0 Å². The van der Waals surface area contributed by atoms with Crippen molar-refractivity contribution in [2.45, 2.75) is 51.6 Å². The van der Waals surface area contributed by atoms with Crippen LogP contribution in [0.25, 0.3) is 0 Å². The molecule has 0 aromatic carbocycles. The maximum absolute atomic E-state index is 13.0. The number of aryl methyl sites for hydroxylation is 1. The molecule has 1 aromatic rings. The predicted molar refractivity (Wildman–Crippen MR) is 105 cm³/mol. The summed E-state index contributed by atoms with van der Waals surface area (Å²) in [6, 6.07) is 0. The Hall–Kier alpha value is -1.57. The van der Waals surface area contributed by atoms with E-state index in [2.05, 4.69) is 11.9 Å². The zero-order valence-electron chi connectivity index (χ0n) is 17.5. The zero-order valence-corrected chi connectivity index (χ0v) is 17.5. The highest BCUT2D eigenvalue weighted by Crippen LogP contribution is 2.52. The molecule has 29 heavy (non-hydrogen) atoms. The largest absolute Gasteiger partial charge is 0.390 e. The van der Waals surface area contributed by atoms with Gasteiger partial charge >= 0.3 is 6.18 Å². The molecule has 2 fully saturated rings. The Morgan fingerprint density at radius 1 is 1.21 bits per heavy atom. The van der Waals surface area contributed by atoms with Gasteiger partial charge in [-0.2, -0.15) is 13.2 Å². The third-order valence-electron chi connectivity index (χ3n) is 6.33. The maximum Gasteiger partial charge on any atom is 0.390 e. The number of carbonyl (C=O) groups is 1. The van der Waals surface area contributed by atoms with Crippen LogP contribution < -0.4 is 0 Å². The molecule has 8 heteroatoms. The second kappa shape index (κ2) is 9.49. The first-order valence-electron chi connectivity index (χ1n) is 10.8. The van der Waals surface area contributed by atoms with E-state index in [0.717, 1.165) is 32.5 Å². The van der Waals surface area contributed by atoms with Gasteiger partial charge in [0.15, 0.2) is 0 Å². The van der Waals surface area contributed by atoms with Crippen molar-refractivity contribution in [3.63, 3.8) is 0 Å². The number of halogens is 3. The fourth-order valence-electron chi connectivity index (χ4n) is 4.60. The molecule has 2 atom stereocenters. The summed E-state index contributed by atoms with van der Waals surface area (Å²) in [7, 11) is 1.85. The molecule has 164 valence electrons. The smallest absolute Gasteiger partial charge is 0.340 e. The van der Waals surface area contributed by atoms with Gasteiger partial charge in [-0.05, 0) is 24.2 Å². The quantitative estimate of drug-likeness (QED) is 0.515. The first kappa shape index (κ1) is 22.1. The lowest BCUT2D eigenvalue weighted by Gasteiger charge is -2.25. The highest BCUT2D eigenvalue weighted by molar-refractivity contribution is 5.92. The van der Waals surface area contributed by atoms with Crippen molar-refractivity contribution >= 4 is 5.91 Å². The Kier molecular flexibility index (Phi) is 7.24. The molecule has 0 spiro atoms. The maximum atomic E-state index is 13.0. The SMILES string of the molecule is CCCCCCCN(CC1C2CN(CCC(F)(F)F)CC21)C(=O)c1cn(C)cn1. The summed E-state index contributed by atoms with van der Waals surface area (Å²) in [5, 5.41) is 0. The van der Waals surface area contributed by atoms with Crippen LogP contribution in [0.1, 0.15) is 55.9 Å². The second-order valence-corrected chi connectivity index (χ2v) is 8.71. The molecule has 3 rings (SSSR count). The third kappa shape index (κ3) is 6.20. The van der Waals surface area contributed by atoms with E-state index < -0.39 is 12.6 Å². The summed E-state index contributed by atoms with van der Waals surface area (Å²) in [6.45, 7) is 5.16. The zero-order chi connectivity index (χ0) is 21.0. The molecule has 1 aromatic heterocycles. The number of rotatable bonds is 11. The van der Waals surface area contributed by atoms with Crippen LogP contribution in [0.15, 0.2) is 12.5 Å². The minimum atomic E-state index is -4.09. The van der Waals surface area contributed by atoms with Crippen LogP contribution in [-0.2, 0) is 7.05 Å². The summed E-state index contributed by atoms with van der Waals surface area (Å²) in [6.07, 6.45) is 4.25. The number of fused-ring (bicyclic) bond motifs is 1. The van der Waals surface area contributed by atoms with Crippen LogP contribution in [0, 0.1) is 17.8 Å². The summed E-state index contributed by atoms with van der Waals surface area (Å²) in [5.74, 6) is 1.25. The lowest BCUT2D eigenvalue weighted by Crippen LogP contribution is -2.36. The number of hydrogen-bond donors (Lipinski definition) is 0. The molecule has 0 N–H and O–H groups in total. The number of amides is 1. The Labute approximate surface area is 171 Å². The van der Waals surface area contributed by atoms with Gasteiger partial charge in [0.05, 0.1) is 12.7 Å². The molecule has 1 amide bonds. The van der Waals surface area contributed by atoms with Crippen LogP contribution >= 0.6 is 0 Å². The topological polar surface area (TPSA) is 41.4 Å². The van der Waals surface area contributed by atoms with Crippen molar-refractivity contribution in [2.24, 2.45) is 24.8 Å². The van der Waals surface area contributed by atoms with Crippen molar-refractivity contribution in [2.75, 3.05) is 32.7 Å².